The number of benzene rings is 1. The van der Waals surface area contributed by atoms with Crippen LogP contribution in [0.2, 0.25) is 5.02 Å². The van der Waals surface area contributed by atoms with E-state index in [2.05, 4.69) is 16.8 Å². The number of carbonyl (C=O) groups excluding carboxylic acids is 1. The molecular weight excluding hydrogens is 308 g/mol. The van der Waals surface area contributed by atoms with Gasteiger partial charge in [0.15, 0.2) is 0 Å². The minimum absolute atomic E-state index is 0.227. The number of hydrogen-bond donors (Lipinski definition) is 1. The molecule has 0 saturated carbocycles. The Kier molecular flexibility index (Phi) is 4.41. The van der Waals surface area contributed by atoms with Gasteiger partial charge in [0, 0.05) is 34.7 Å². The van der Waals surface area contributed by atoms with Crippen LogP contribution in [0.4, 0.5) is 0 Å². The largest absolute Gasteiger partial charge is 0.361 e. The number of likely N-dealkylation sites (tertiary alicyclic amines) is 1. The van der Waals surface area contributed by atoms with Crippen LogP contribution in [0.3, 0.4) is 0 Å². The smallest absolute Gasteiger partial charge is 0.232 e. The molecule has 0 bridgehead atoms. The van der Waals surface area contributed by atoms with E-state index < -0.39 is 5.41 Å². The molecule has 2 aromatic rings. The Labute approximate surface area is 143 Å². The predicted octanol–water partition coefficient (Wildman–Crippen LogP) is 4.89. The summed E-state index contributed by atoms with van der Waals surface area (Å²) in [5.74, 6) is 0.227. The van der Waals surface area contributed by atoms with E-state index in [9.17, 15) is 4.79 Å². The Hall–Kier alpha value is -1.48. The molecule has 1 fully saturated rings. The molecule has 1 aliphatic heterocycles. The summed E-state index contributed by atoms with van der Waals surface area (Å²) in [6, 6.07) is 6.17. The summed E-state index contributed by atoms with van der Waals surface area (Å²) in [6.07, 6.45) is 6.45. The highest BCUT2D eigenvalue weighted by Gasteiger charge is 2.38. The van der Waals surface area contributed by atoms with E-state index in [1.807, 2.05) is 38.2 Å². The first-order valence-electron chi connectivity index (χ1n) is 8.53. The monoisotopic (exact) mass is 332 g/mol. The highest BCUT2D eigenvalue weighted by atomic mass is 35.5. The molecule has 4 heteroatoms. The number of rotatable bonds is 3. The number of carbonyl (C=O) groups is 1. The molecule has 1 unspecified atom stereocenters. The number of piperidine rings is 1. The third-order valence-corrected chi connectivity index (χ3v) is 5.45. The molecule has 124 valence electrons. The fraction of sp³-hybridized carbons (Fsp3) is 0.526. The molecule has 1 aliphatic rings. The Morgan fingerprint density at radius 3 is 2.91 bits per heavy atom. The number of nitrogens with one attached hydrogen (secondary N) is 1. The number of amides is 1. The Morgan fingerprint density at radius 2 is 2.17 bits per heavy atom. The van der Waals surface area contributed by atoms with Crippen LogP contribution in [-0.4, -0.2) is 28.4 Å². The van der Waals surface area contributed by atoms with Crippen LogP contribution in [-0.2, 0) is 10.2 Å². The summed E-state index contributed by atoms with van der Waals surface area (Å²) in [7, 11) is 0. The van der Waals surface area contributed by atoms with Crippen molar-refractivity contribution in [1.29, 1.82) is 0 Å². The minimum atomic E-state index is -0.562. The summed E-state index contributed by atoms with van der Waals surface area (Å²) < 4.78 is 0. The fourth-order valence-corrected chi connectivity index (χ4v) is 3.95. The van der Waals surface area contributed by atoms with E-state index in [0.29, 0.717) is 11.1 Å². The highest BCUT2D eigenvalue weighted by Crippen LogP contribution is 2.35. The quantitative estimate of drug-likeness (QED) is 0.853. The van der Waals surface area contributed by atoms with Crippen molar-refractivity contribution in [3.05, 3.63) is 35.0 Å². The van der Waals surface area contributed by atoms with Crippen molar-refractivity contribution in [3.63, 3.8) is 0 Å². The molecule has 2 heterocycles. The molecule has 1 atom stereocenters. The third-order valence-electron chi connectivity index (χ3n) is 5.21. The standard InChI is InChI=1S/C19H25ClN2O/c1-4-14-7-5-6-10-22(14)18(23)19(2,3)16-12-21-17-9-8-13(20)11-15(16)17/h8-9,11-12,14,21H,4-7,10H2,1-3H3. The van der Waals surface area contributed by atoms with Crippen LogP contribution < -0.4 is 0 Å². The molecule has 1 N–H and O–H groups in total. The number of H-pyrrole nitrogens is 1. The molecule has 1 amide bonds. The summed E-state index contributed by atoms with van der Waals surface area (Å²) in [5, 5.41) is 1.74. The van der Waals surface area contributed by atoms with Crippen molar-refractivity contribution in [2.24, 2.45) is 0 Å². The van der Waals surface area contributed by atoms with Crippen molar-refractivity contribution < 1.29 is 4.79 Å². The van der Waals surface area contributed by atoms with Crippen molar-refractivity contribution in [2.75, 3.05) is 6.54 Å². The van der Waals surface area contributed by atoms with Gasteiger partial charge in [-0.1, -0.05) is 18.5 Å². The maximum Gasteiger partial charge on any atom is 0.232 e. The summed E-state index contributed by atoms with van der Waals surface area (Å²) in [4.78, 5) is 18.7. The lowest BCUT2D eigenvalue weighted by atomic mass is 9.81. The molecule has 0 spiro atoms. The zero-order valence-electron chi connectivity index (χ0n) is 14.2. The van der Waals surface area contributed by atoms with Gasteiger partial charge in [0.05, 0.1) is 5.41 Å². The van der Waals surface area contributed by atoms with Crippen molar-refractivity contribution in [2.45, 2.75) is 57.9 Å². The van der Waals surface area contributed by atoms with E-state index in [-0.39, 0.29) is 5.91 Å². The zero-order chi connectivity index (χ0) is 16.6. The molecular formula is C19H25ClN2O. The lowest BCUT2D eigenvalue weighted by molar-refractivity contribution is -0.140. The minimum Gasteiger partial charge on any atom is -0.361 e. The fourth-order valence-electron chi connectivity index (χ4n) is 3.78. The normalized spacial score (nSPS) is 19.3. The van der Waals surface area contributed by atoms with E-state index in [1.54, 1.807) is 0 Å². The van der Waals surface area contributed by atoms with Gasteiger partial charge in [0.1, 0.15) is 0 Å². The van der Waals surface area contributed by atoms with Gasteiger partial charge in [-0.15, -0.1) is 0 Å². The van der Waals surface area contributed by atoms with Gasteiger partial charge in [-0.25, -0.2) is 0 Å². The number of fused-ring (bicyclic) bond motifs is 1. The molecule has 1 saturated heterocycles. The average Bonchev–Trinajstić information content (AvgIpc) is 2.97. The number of halogens is 1. The van der Waals surface area contributed by atoms with Crippen LogP contribution in [0.15, 0.2) is 24.4 Å². The summed E-state index contributed by atoms with van der Waals surface area (Å²) >= 11 is 6.16. The van der Waals surface area contributed by atoms with Crippen LogP contribution in [0.1, 0.15) is 52.0 Å². The number of nitrogens with zero attached hydrogens (tertiary/aromatic N) is 1. The third kappa shape index (κ3) is 2.87. The van der Waals surface area contributed by atoms with Crippen molar-refractivity contribution in [1.82, 2.24) is 9.88 Å². The first-order chi connectivity index (χ1) is 10.9. The molecule has 3 rings (SSSR count). The van der Waals surface area contributed by atoms with Gasteiger partial charge in [-0.3, -0.25) is 4.79 Å². The van der Waals surface area contributed by atoms with Gasteiger partial charge < -0.3 is 9.88 Å². The number of aromatic nitrogens is 1. The first-order valence-corrected chi connectivity index (χ1v) is 8.91. The van der Waals surface area contributed by atoms with E-state index >= 15 is 0 Å². The van der Waals surface area contributed by atoms with Gasteiger partial charge in [0.25, 0.3) is 0 Å². The summed E-state index contributed by atoms with van der Waals surface area (Å²) in [5.41, 5.74) is 1.49. The predicted molar refractivity (Wildman–Crippen MR) is 96.0 cm³/mol. The molecule has 0 radical (unpaired) electrons. The second kappa shape index (κ2) is 6.20. The summed E-state index contributed by atoms with van der Waals surface area (Å²) in [6.45, 7) is 7.11. The number of aromatic amines is 1. The van der Waals surface area contributed by atoms with Crippen molar-refractivity contribution in [3.8, 4) is 0 Å². The van der Waals surface area contributed by atoms with Crippen LogP contribution in [0.5, 0.6) is 0 Å². The Balaban J connectivity index is 1.98. The molecule has 1 aromatic heterocycles. The number of hydrogen-bond acceptors (Lipinski definition) is 1. The van der Waals surface area contributed by atoms with Gasteiger partial charge in [-0.2, -0.15) is 0 Å². The SMILES string of the molecule is CCC1CCCCN1C(=O)C(C)(C)c1c[nH]c2ccc(Cl)cc12. The topological polar surface area (TPSA) is 36.1 Å². The lowest BCUT2D eigenvalue weighted by Gasteiger charge is -2.40. The molecule has 0 aliphatic carbocycles. The maximum atomic E-state index is 13.3. The molecule has 3 nitrogen and oxygen atoms in total. The second-order valence-electron chi connectivity index (χ2n) is 7.07. The Bertz CT molecular complexity index is 719. The molecule has 23 heavy (non-hydrogen) atoms. The maximum absolute atomic E-state index is 13.3. The average molecular weight is 333 g/mol. The zero-order valence-corrected chi connectivity index (χ0v) is 14.9. The van der Waals surface area contributed by atoms with Crippen LogP contribution >= 0.6 is 11.6 Å². The highest BCUT2D eigenvalue weighted by molar-refractivity contribution is 6.31. The first kappa shape index (κ1) is 16.4. The molecule has 1 aromatic carbocycles. The second-order valence-corrected chi connectivity index (χ2v) is 7.51. The van der Waals surface area contributed by atoms with Crippen LogP contribution in [0.25, 0.3) is 10.9 Å². The van der Waals surface area contributed by atoms with E-state index in [4.69, 9.17) is 11.6 Å². The Morgan fingerprint density at radius 1 is 1.39 bits per heavy atom. The van der Waals surface area contributed by atoms with E-state index in [0.717, 1.165) is 42.3 Å². The van der Waals surface area contributed by atoms with Gasteiger partial charge >= 0.3 is 0 Å². The van der Waals surface area contributed by atoms with Crippen molar-refractivity contribution >= 4 is 28.4 Å². The van der Waals surface area contributed by atoms with Gasteiger partial charge in [0.2, 0.25) is 5.91 Å². The lowest BCUT2D eigenvalue weighted by Crippen LogP contribution is -2.50. The van der Waals surface area contributed by atoms with Gasteiger partial charge in [-0.05, 0) is 63.3 Å². The van der Waals surface area contributed by atoms with E-state index in [1.165, 1.54) is 6.42 Å². The van der Waals surface area contributed by atoms with Crippen LogP contribution in [0, 0.1) is 0 Å².